The molecule has 18 nitrogen and oxygen atoms in total. The molecule has 20 heteroatoms. The molecule has 206 valence electrons. The molecule has 0 spiro atoms. The molecule has 2 aliphatic heterocycles. The second-order valence-electron chi connectivity index (χ2n) is 8.03. The van der Waals surface area contributed by atoms with Crippen LogP contribution in [0.15, 0.2) is 15.8 Å². The lowest BCUT2D eigenvalue weighted by molar-refractivity contribution is -0.280. The third-order valence-corrected chi connectivity index (χ3v) is 7.95. The Morgan fingerprint density at radius 3 is 2.36 bits per heavy atom. The minimum atomic E-state index is -5.54. The van der Waals surface area contributed by atoms with Crippen molar-refractivity contribution in [2.45, 2.75) is 62.5 Å². The van der Waals surface area contributed by atoms with E-state index in [9.17, 15) is 48.9 Å². The first-order chi connectivity index (χ1) is 16.6. The molecule has 0 saturated carbocycles. The number of ether oxygens (including phenoxy) is 2. The average Bonchev–Trinajstić information content (AvgIpc) is 3.14. The molecule has 8 N–H and O–H groups in total. The van der Waals surface area contributed by atoms with E-state index in [0.717, 1.165) is 4.57 Å². The van der Waals surface area contributed by atoms with Crippen LogP contribution in [0, 0.1) is 6.92 Å². The maximum atomic E-state index is 12.2. The smallest absolute Gasteiger partial charge is 0.394 e. The summed E-state index contributed by atoms with van der Waals surface area (Å²) in [5.41, 5.74) is -1.27. The van der Waals surface area contributed by atoms with Gasteiger partial charge in [0.25, 0.3) is 5.56 Å². The molecule has 36 heavy (non-hydrogen) atoms. The second-order valence-corrected chi connectivity index (χ2v) is 11.0. The van der Waals surface area contributed by atoms with Gasteiger partial charge in [-0.2, -0.15) is 4.31 Å². The van der Waals surface area contributed by atoms with E-state index in [1.807, 2.05) is 0 Å². The molecule has 2 aliphatic rings. The average molecular weight is 564 g/mol. The Morgan fingerprint density at radius 1 is 1.06 bits per heavy atom. The third-order valence-electron chi connectivity index (χ3n) is 5.35. The highest BCUT2D eigenvalue weighted by Crippen LogP contribution is 2.61. The lowest BCUT2D eigenvalue weighted by Crippen LogP contribution is -2.58. The maximum Gasteiger partial charge on any atom is 0.483 e. The Kier molecular flexibility index (Phi) is 9.08. The van der Waals surface area contributed by atoms with Gasteiger partial charge in [0.1, 0.15) is 36.7 Å². The van der Waals surface area contributed by atoms with Crippen molar-refractivity contribution in [2.75, 3.05) is 13.2 Å². The van der Waals surface area contributed by atoms with Crippen LogP contribution in [0.2, 0.25) is 0 Å². The van der Waals surface area contributed by atoms with Crippen LogP contribution in [0.5, 0.6) is 0 Å². The zero-order chi connectivity index (χ0) is 27.0. The van der Waals surface area contributed by atoms with Crippen molar-refractivity contribution in [3.05, 3.63) is 32.6 Å². The van der Waals surface area contributed by atoms with E-state index in [0.29, 0.717) is 0 Å². The van der Waals surface area contributed by atoms with E-state index in [4.69, 9.17) is 14.6 Å². The number of aromatic amines is 1. The molecular formula is C16H26N2O16P2. The van der Waals surface area contributed by atoms with E-state index in [1.54, 1.807) is 0 Å². The predicted octanol–water partition coefficient (Wildman–Crippen LogP) is -3.46. The van der Waals surface area contributed by atoms with Gasteiger partial charge in [0.2, 0.25) is 0 Å². The normalized spacial score (nSPS) is 36.3. The summed E-state index contributed by atoms with van der Waals surface area (Å²) in [4.78, 5) is 45.2. The summed E-state index contributed by atoms with van der Waals surface area (Å²) in [6, 6.07) is 0. The summed E-state index contributed by atoms with van der Waals surface area (Å²) in [6.45, 7) is -0.305. The van der Waals surface area contributed by atoms with Crippen LogP contribution in [-0.4, -0.2) is 101 Å². The van der Waals surface area contributed by atoms with Crippen molar-refractivity contribution in [1.82, 2.24) is 9.55 Å². The quantitative estimate of drug-likeness (QED) is 0.135. The third kappa shape index (κ3) is 6.75. The van der Waals surface area contributed by atoms with E-state index < -0.39 is 89.2 Å². The summed E-state index contributed by atoms with van der Waals surface area (Å²) >= 11 is 0. The topological polar surface area (TPSA) is 277 Å². The molecule has 2 unspecified atom stereocenters. The van der Waals surface area contributed by atoms with Crippen molar-refractivity contribution in [1.29, 1.82) is 0 Å². The van der Waals surface area contributed by atoms with Gasteiger partial charge in [-0.25, -0.2) is 13.9 Å². The Bertz CT molecular complexity index is 1140. The number of phosphoric acid groups is 2. The summed E-state index contributed by atoms with van der Waals surface area (Å²) in [7, 11) is -10.9. The molecule has 0 bridgehead atoms. The Morgan fingerprint density at radius 2 is 1.72 bits per heavy atom. The van der Waals surface area contributed by atoms with Crippen molar-refractivity contribution >= 4 is 15.6 Å². The summed E-state index contributed by atoms with van der Waals surface area (Å²) in [5, 5.41) is 48.5. The zero-order valence-corrected chi connectivity index (χ0v) is 20.3. The Labute approximate surface area is 201 Å². The fourth-order valence-corrected chi connectivity index (χ4v) is 5.62. The molecule has 0 amide bonds. The predicted molar refractivity (Wildman–Crippen MR) is 112 cm³/mol. The molecule has 10 atom stereocenters. The maximum absolute atomic E-state index is 12.2. The SMILES string of the molecule is Cc1cn([C@H]2C[C@H](O)[C@@H](COP(=O)(O)OP(=O)(O)O[C@H]3O[C@H](CO)[C@H](O)[C@H](O)[C@H]3O)O2)c(=O)[nH]c1=O. The molecule has 0 aliphatic carbocycles. The van der Waals surface area contributed by atoms with Crippen LogP contribution in [0.3, 0.4) is 0 Å². The van der Waals surface area contributed by atoms with Gasteiger partial charge in [0, 0.05) is 18.2 Å². The highest BCUT2D eigenvalue weighted by Gasteiger charge is 2.48. The number of hydrogen-bond donors (Lipinski definition) is 8. The fourth-order valence-electron chi connectivity index (χ4n) is 3.46. The van der Waals surface area contributed by atoms with Gasteiger partial charge in [-0.15, -0.1) is 0 Å². The van der Waals surface area contributed by atoms with E-state index >= 15 is 0 Å². The van der Waals surface area contributed by atoms with Gasteiger partial charge >= 0.3 is 21.3 Å². The van der Waals surface area contributed by atoms with Gasteiger partial charge in [-0.05, 0) is 6.92 Å². The van der Waals surface area contributed by atoms with Crippen molar-refractivity contribution < 1.29 is 67.3 Å². The van der Waals surface area contributed by atoms with Gasteiger partial charge in [-0.3, -0.25) is 23.4 Å². The number of nitrogens with zero attached hydrogens (tertiary/aromatic N) is 1. The van der Waals surface area contributed by atoms with Gasteiger partial charge < -0.3 is 44.8 Å². The highest BCUT2D eigenvalue weighted by molar-refractivity contribution is 7.61. The number of aliphatic hydroxyl groups excluding tert-OH is 5. The Balaban J connectivity index is 1.59. The number of nitrogens with one attached hydrogen (secondary N) is 1. The first-order valence-electron chi connectivity index (χ1n) is 10.3. The molecule has 0 radical (unpaired) electrons. The number of aryl methyl sites for hydroxylation is 1. The largest absolute Gasteiger partial charge is 0.483 e. The zero-order valence-electron chi connectivity index (χ0n) is 18.5. The number of aliphatic hydroxyl groups is 5. The standard InChI is InChI=1S/C16H26N2O16P2/c1-6-3-18(16(25)17-14(6)24)10-2-7(20)9(31-10)5-30-35(26,27)34-36(28,29)33-15-13(23)12(22)11(21)8(4-19)32-15/h3,7-13,15,19-23H,2,4-5H2,1H3,(H,26,27)(H,28,29)(H,17,24,25)/t7-,8+,9+,10+,11-,12-,13+,15+/m0/s1. The molecule has 3 rings (SSSR count). The number of H-pyrrole nitrogens is 1. The van der Waals surface area contributed by atoms with Gasteiger partial charge in [0.15, 0.2) is 6.29 Å². The van der Waals surface area contributed by atoms with Gasteiger partial charge in [-0.1, -0.05) is 0 Å². The number of rotatable bonds is 9. The van der Waals surface area contributed by atoms with E-state index in [1.165, 1.54) is 13.1 Å². The van der Waals surface area contributed by atoms with Gasteiger partial charge in [0.05, 0.1) is 19.3 Å². The Hall–Kier alpha value is -1.34. The van der Waals surface area contributed by atoms with Crippen LogP contribution in [0.1, 0.15) is 18.2 Å². The molecule has 1 aromatic rings. The van der Waals surface area contributed by atoms with Crippen LogP contribution < -0.4 is 11.2 Å². The molecule has 2 fully saturated rings. The monoisotopic (exact) mass is 564 g/mol. The number of aromatic nitrogens is 2. The lowest BCUT2D eigenvalue weighted by atomic mass is 10.00. The van der Waals surface area contributed by atoms with Crippen molar-refractivity contribution in [2.24, 2.45) is 0 Å². The number of hydrogen-bond acceptors (Lipinski definition) is 14. The summed E-state index contributed by atoms with van der Waals surface area (Å²) in [5.74, 6) is 0. The number of phosphoric ester groups is 2. The first-order valence-corrected chi connectivity index (χ1v) is 13.3. The summed E-state index contributed by atoms with van der Waals surface area (Å²) in [6.07, 6.45) is -12.2. The van der Waals surface area contributed by atoms with Crippen LogP contribution in [-0.2, 0) is 32.0 Å². The first kappa shape index (κ1) is 29.2. The molecule has 0 aromatic carbocycles. The highest BCUT2D eigenvalue weighted by atomic mass is 31.3. The fraction of sp³-hybridized carbons (Fsp3) is 0.750. The molecule has 1 aromatic heterocycles. The van der Waals surface area contributed by atoms with Crippen molar-refractivity contribution in [3.63, 3.8) is 0 Å². The minimum absolute atomic E-state index is 0.172. The molecule has 2 saturated heterocycles. The van der Waals surface area contributed by atoms with E-state index in [-0.39, 0.29) is 12.0 Å². The lowest BCUT2D eigenvalue weighted by Gasteiger charge is -2.39. The van der Waals surface area contributed by atoms with E-state index in [2.05, 4.69) is 18.3 Å². The molecule has 3 heterocycles. The summed E-state index contributed by atoms with van der Waals surface area (Å²) < 4.78 is 48.8. The molecular weight excluding hydrogens is 538 g/mol. The van der Waals surface area contributed by atoms with Crippen LogP contribution >= 0.6 is 15.6 Å². The second kappa shape index (κ2) is 11.2. The minimum Gasteiger partial charge on any atom is -0.394 e. The van der Waals surface area contributed by atoms with Crippen molar-refractivity contribution in [3.8, 4) is 0 Å². The van der Waals surface area contributed by atoms with Crippen LogP contribution in [0.4, 0.5) is 0 Å². The van der Waals surface area contributed by atoms with Crippen LogP contribution in [0.25, 0.3) is 0 Å².